The number of hydrogen-bond donors (Lipinski definition) is 2. The normalized spacial score (nSPS) is 11.5. The van der Waals surface area contributed by atoms with Crippen molar-refractivity contribution in [1.82, 2.24) is 19.7 Å². The standard InChI is InChI=1S/C15H11F3N4O3/c16-15(17,18)8-25-14-21-12(9-6-19-20-7-9)5-13(24)22(14)10-1-3-11(23)4-2-10/h1-7,23H,8H2,(H,19,20). The molecule has 2 heterocycles. The van der Waals surface area contributed by atoms with E-state index in [-0.39, 0.29) is 17.1 Å². The van der Waals surface area contributed by atoms with E-state index in [0.717, 1.165) is 10.6 Å². The molecule has 0 aliphatic rings. The summed E-state index contributed by atoms with van der Waals surface area (Å²) in [6.45, 7) is -1.60. The monoisotopic (exact) mass is 352 g/mol. The summed E-state index contributed by atoms with van der Waals surface area (Å²) < 4.78 is 43.2. The maximum Gasteiger partial charge on any atom is 0.422 e. The molecule has 0 bridgehead atoms. The van der Waals surface area contributed by atoms with Gasteiger partial charge in [-0.2, -0.15) is 23.3 Å². The summed E-state index contributed by atoms with van der Waals surface area (Å²) in [5, 5.41) is 15.6. The maximum absolute atomic E-state index is 12.5. The van der Waals surface area contributed by atoms with Crippen LogP contribution in [-0.2, 0) is 0 Å². The summed E-state index contributed by atoms with van der Waals surface area (Å²) >= 11 is 0. The van der Waals surface area contributed by atoms with Crippen molar-refractivity contribution >= 4 is 0 Å². The average Bonchev–Trinajstić information content (AvgIpc) is 3.07. The number of nitrogens with zero attached hydrogens (tertiary/aromatic N) is 3. The van der Waals surface area contributed by atoms with Crippen LogP contribution in [0.25, 0.3) is 16.9 Å². The van der Waals surface area contributed by atoms with E-state index in [1.54, 1.807) is 0 Å². The van der Waals surface area contributed by atoms with Gasteiger partial charge in [-0.1, -0.05) is 0 Å². The molecule has 0 saturated carbocycles. The van der Waals surface area contributed by atoms with Crippen LogP contribution in [0.2, 0.25) is 0 Å². The fourth-order valence-electron chi connectivity index (χ4n) is 2.08. The molecule has 25 heavy (non-hydrogen) atoms. The smallest absolute Gasteiger partial charge is 0.422 e. The van der Waals surface area contributed by atoms with Crippen LogP contribution in [0, 0.1) is 0 Å². The van der Waals surface area contributed by atoms with Gasteiger partial charge < -0.3 is 9.84 Å². The summed E-state index contributed by atoms with van der Waals surface area (Å²) in [4.78, 5) is 16.4. The molecule has 2 aromatic heterocycles. The Morgan fingerprint density at radius 1 is 1.24 bits per heavy atom. The number of aromatic nitrogens is 4. The van der Waals surface area contributed by atoms with Crippen molar-refractivity contribution in [3.05, 3.63) is 53.1 Å². The van der Waals surface area contributed by atoms with E-state index in [9.17, 15) is 23.1 Å². The first-order valence-corrected chi connectivity index (χ1v) is 6.96. The second-order valence-electron chi connectivity index (χ2n) is 5.00. The molecular weight excluding hydrogens is 341 g/mol. The number of hydrogen-bond acceptors (Lipinski definition) is 5. The zero-order valence-electron chi connectivity index (χ0n) is 12.5. The lowest BCUT2D eigenvalue weighted by Gasteiger charge is -2.15. The molecule has 7 nitrogen and oxygen atoms in total. The molecule has 2 N–H and O–H groups in total. The Morgan fingerprint density at radius 2 is 1.96 bits per heavy atom. The summed E-state index contributed by atoms with van der Waals surface area (Å²) in [5.41, 5.74) is 0.0954. The molecule has 1 aromatic carbocycles. The van der Waals surface area contributed by atoms with E-state index in [2.05, 4.69) is 15.2 Å². The Labute approximate surface area is 138 Å². The summed E-state index contributed by atoms with van der Waals surface area (Å²) in [6.07, 6.45) is -1.77. The molecule has 0 saturated heterocycles. The molecule has 130 valence electrons. The van der Waals surface area contributed by atoms with Crippen molar-refractivity contribution in [1.29, 1.82) is 0 Å². The van der Waals surface area contributed by atoms with Gasteiger partial charge >= 0.3 is 12.2 Å². The van der Waals surface area contributed by atoms with E-state index < -0.39 is 24.4 Å². The number of phenols is 1. The first-order valence-electron chi connectivity index (χ1n) is 6.96. The average molecular weight is 352 g/mol. The van der Waals surface area contributed by atoms with Crippen LogP contribution in [0.1, 0.15) is 0 Å². The van der Waals surface area contributed by atoms with E-state index in [0.29, 0.717) is 5.56 Å². The molecule has 0 fully saturated rings. The van der Waals surface area contributed by atoms with Crippen molar-refractivity contribution in [3.63, 3.8) is 0 Å². The number of ether oxygens (including phenoxy) is 1. The predicted octanol–water partition coefficient (Wildman–Crippen LogP) is 2.27. The maximum atomic E-state index is 12.5. The molecular formula is C15H11F3N4O3. The fraction of sp³-hybridized carbons (Fsp3) is 0.133. The number of aromatic amines is 1. The highest BCUT2D eigenvalue weighted by Crippen LogP contribution is 2.23. The molecule has 0 radical (unpaired) electrons. The Kier molecular flexibility index (Phi) is 4.17. The fourth-order valence-corrected chi connectivity index (χ4v) is 2.08. The predicted molar refractivity (Wildman–Crippen MR) is 80.6 cm³/mol. The third-order valence-corrected chi connectivity index (χ3v) is 3.15. The molecule has 3 aromatic rings. The number of halogens is 3. The van der Waals surface area contributed by atoms with Gasteiger partial charge in [0.15, 0.2) is 6.61 Å². The lowest BCUT2D eigenvalue weighted by Crippen LogP contribution is -2.26. The van der Waals surface area contributed by atoms with E-state index in [1.165, 1.54) is 36.7 Å². The van der Waals surface area contributed by atoms with E-state index in [4.69, 9.17) is 4.74 Å². The highest BCUT2D eigenvalue weighted by Gasteiger charge is 2.29. The first-order chi connectivity index (χ1) is 11.8. The molecule has 10 heteroatoms. The largest absolute Gasteiger partial charge is 0.508 e. The molecule has 0 aliphatic carbocycles. The zero-order chi connectivity index (χ0) is 18.0. The SMILES string of the molecule is O=c1cc(-c2cn[nH]c2)nc(OCC(F)(F)F)n1-c1ccc(O)cc1. The van der Waals surface area contributed by atoms with Gasteiger partial charge in [-0.25, -0.2) is 4.57 Å². The Morgan fingerprint density at radius 3 is 2.56 bits per heavy atom. The van der Waals surface area contributed by atoms with Gasteiger partial charge in [0, 0.05) is 17.8 Å². The highest BCUT2D eigenvalue weighted by molar-refractivity contribution is 5.57. The van der Waals surface area contributed by atoms with Crippen LogP contribution in [-0.4, -0.2) is 37.6 Å². The lowest BCUT2D eigenvalue weighted by atomic mass is 10.2. The van der Waals surface area contributed by atoms with Gasteiger partial charge in [0.05, 0.1) is 17.6 Å². The van der Waals surface area contributed by atoms with Crippen LogP contribution in [0.5, 0.6) is 11.8 Å². The number of alkyl halides is 3. The third kappa shape index (κ3) is 3.79. The van der Waals surface area contributed by atoms with Gasteiger partial charge in [0.2, 0.25) is 0 Å². The van der Waals surface area contributed by atoms with Gasteiger partial charge in [-0.15, -0.1) is 0 Å². The topological polar surface area (TPSA) is 93.0 Å². The second-order valence-corrected chi connectivity index (χ2v) is 5.00. The van der Waals surface area contributed by atoms with Crippen LogP contribution in [0.4, 0.5) is 13.2 Å². The van der Waals surface area contributed by atoms with E-state index in [1.807, 2.05) is 0 Å². The zero-order valence-corrected chi connectivity index (χ0v) is 12.5. The minimum atomic E-state index is -4.59. The number of H-pyrrole nitrogens is 1. The first kappa shape index (κ1) is 16.6. The third-order valence-electron chi connectivity index (χ3n) is 3.15. The summed E-state index contributed by atoms with van der Waals surface area (Å²) in [7, 11) is 0. The Hall–Kier alpha value is -3.30. The quantitative estimate of drug-likeness (QED) is 0.751. The number of aromatic hydroxyl groups is 1. The van der Waals surface area contributed by atoms with Crippen molar-refractivity contribution in [2.45, 2.75) is 6.18 Å². The number of rotatable bonds is 4. The Balaban J connectivity index is 2.12. The molecule has 0 aliphatic heterocycles. The van der Waals surface area contributed by atoms with Crippen LogP contribution >= 0.6 is 0 Å². The minimum absolute atomic E-state index is 0.0578. The van der Waals surface area contributed by atoms with Crippen LogP contribution in [0.3, 0.4) is 0 Å². The minimum Gasteiger partial charge on any atom is -0.508 e. The molecule has 0 spiro atoms. The van der Waals surface area contributed by atoms with Crippen LogP contribution in [0.15, 0.2) is 47.5 Å². The van der Waals surface area contributed by atoms with Crippen molar-refractivity contribution in [2.75, 3.05) is 6.61 Å². The molecule has 0 unspecified atom stereocenters. The molecule has 0 atom stereocenters. The van der Waals surface area contributed by atoms with Gasteiger partial charge in [0.1, 0.15) is 5.75 Å². The van der Waals surface area contributed by atoms with Crippen molar-refractivity contribution in [2.24, 2.45) is 0 Å². The van der Waals surface area contributed by atoms with Gasteiger partial charge in [0.25, 0.3) is 5.56 Å². The van der Waals surface area contributed by atoms with Crippen molar-refractivity contribution < 1.29 is 23.0 Å². The second kappa shape index (κ2) is 6.30. The molecule has 3 rings (SSSR count). The van der Waals surface area contributed by atoms with Gasteiger partial charge in [-0.3, -0.25) is 9.89 Å². The van der Waals surface area contributed by atoms with Crippen LogP contribution < -0.4 is 10.3 Å². The van der Waals surface area contributed by atoms with Gasteiger partial charge in [-0.05, 0) is 24.3 Å². The summed E-state index contributed by atoms with van der Waals surface area (Å²) in [6, 6.07) is 5.93. The highest BCUT2D eigenvalue weighted by atomic mass is 19.4. The lowest BCUT2D eigenvalue weighted by molar-refractivity contribution is -0.155. The number of nitrogens with one attached hydrogen (secondary N) is 1. The number of benzene rings is 1. The summed E-state index contributed by atoms with van der Waals surface area (Å²) in [5.74, 6) is -0.0578. The van der Waals surface area contributed by atoms with E-state index >= 15 is 0 Å². The molecule has 0 amide bonds. The van der Waals surface area contributed by atoms with Crippen molar-refractivity contribution in [3.8, 4) is 28.7 Å². The Bertz CT molecular complexity index is 919. The number of phenolic OH excluding ortho intramolecular Hbond substituents is 1.